The van der Waals surface area contributed by atoms with Gasteiger partial charge in [0.05, 0.1) is 5.69 Å². The number of anilines is 1. The minimum atomic E-state index is 0.0139. The summed E-state index contributed by atoms with van der Waals surface area (Å²) < 4.78 is 2.14. The number of hydrogen-bond acceptors (Lipinski definition) is 3. The number of pyridine rings is 1. The lowest BCUT2D eigenvalue weighted by molar-refractivity contribution is 0.629. The molecule has 1 aliphatic rings. The summed E-state index contributed by atoms with van der Waals surface area (Å²) in [5.74, 6) is 1.86. The first-order valence-electron chi connectivity index (χ1n) is 7.34. The van der Waals surface area contributed by atoms with Gasteiger partial charge in [-0.1, -0.05) is 6.07 Å². The smallest absolute Gasteiger partial charge is 0.140 e. The normalized spacial score (nSPS) is 14.9. The molecule has 0 unspecified atom stereocenters. The Labute approximate surface area is 120 Å². The molecule has 4 nitrogen and oxygen atoms in total. The lowest BCUT2D eigenvalue weighted by atomic mass is 10.0. The standard InChI is InChI=1S/C16H22N4/c1-16(2,3)19-14-9-6-10-15(18-14)20-11-17-12-7-4-5-8-13(12)20/h6,9-11H,4-5,7-8H2,1-3H3,(H,18,19). The fourth-order valence-corrected chi connectivity index (χ4v) is 2.68. The largest absolute Gasteiger partial charge is 0.365 e. The molecule has 1 N–H and O–H groups in total. The quantitative estimate of drug-likeness (QED) is 0.910. The van der Waals surface area contributed by atoms with Gasteiger partial charge in [-0.3, -0.25) is 4.57 Å². The number of aromatic nitrogens is 3. The Balaban J connectivity index is 1.94. The van der Waals surface area contributed by atoms with Crippen molar-refractivity contribution in [1.82, 2.24) is 14.5 Å². The van der Waals surface area contributed by atoms with Crippen molar-refractivity contribution >= 4 is 5.82 Å². The number of hydrogen-bond donors (Lipinski definition) is 1. The zero-order chi connectivity index (χ0) is 14.2. The monoisotopic (exact) mass is 270 g/mol. The van der Waals surface area contributed by atoms with Gasteiger partial charge in [0.1, 0.15) is 18.0 Å². The summed E-state index contributed by atoms with van der Waals surface area (Å²) >= 11 is 0. The van der Waals surface area contributed by atoms with Crippen LogP contribution in [0.15, 0.2) is 24.5 Å². The maximum Gasteiger partial charge on any atom is 0.140 e. The van der Waals surface area contributed by atoms with Gasteiger partial charge in [-0.2, -0.15) is 0 Å². The zero-order valence-corrected chi connectivity index (χ0v) is 12.5. The van der Waals surface area contributed by atoms with E-state index in [2.05, 4.69) is 35.6 Å². The number of nitrogens with zero attached hydrogens (tertiary/aromatic N) is 3. The van der Waals surface area contributed by atoms with Crippen LogP contribution in [0.5, 0.6) is 0 Å². The number of fused-ring (bicyclic) bond motifs is 1. The molecular formula is C16H22N4. The van der Waals surface area contributed by atoms with E-state index >= 15 is 0 Å². The van der Waals surface area contributed by atoms with E-state index in [0.29, 0.717) is 0 Å². The van der Waals surface area contributed by atoms with Gasteiger partial charge in [-0.25, -0.2) is 9.97 Å². The van der Waals surface area contributed by atoms with Crippen LogP contribution in [0.4, 0.5) is 5.82 Å². The molecule has 106 valence electrons. The molecular weight excluding hydrogens is 248 g/mol. The van der Waals surface area contributed by atoms with Crippen molar-refractivity contribution in [3.05, 3.63) is 35.9 Å². The van der Waals surface area contributed by atoms with Crippen LogP contribution in [-0.4, -0.2) is 20.1 Å². The maximum atomic E-state index is 4.72. The Bertz CT molecular complexity index is 607. The molecule has 0 spiro atoms. The number of nitrogens with one attached hydrogen (secondary N) is 1. The first-order valence-corrected chi connectivity index (χ1v) is 7.34. The van der Waals surface area contributed by atoms with Gasteiger partial charge in [0.25, 0.3) is 0 Å². The third-order valence-corrected chi connectivity index (χ3v) is 3.51. The number of rotatable bonds is 2. The molecule has 2 aromatic heterocycles. The van der Waals surface area contributed by atoms with Crippen LogP contribution in [0.2, 0.25) is 0 Å². The van der Waals surface area contributed by atoms with E-state index < -0.39 is 0 Å². The van der Waals surface area contributed by atoms with E-state index in [0.717, 1.165) is 24.5 Å². The maximum absolute atomic E-state index is 4.72. The Hall–Kier alpha value is -1.84. The molecule has 2 aromatic rings. The van der Waals surface area contributed by atoms with Crippen LogP contribution in [0.3, 0.4) is 0 Å². The van der Waals surface area contributed by atoms with E-state index in [1.165, 1.54) is 24.2 Å². The fraction of sp³-hybridized carbons (Fsp3) is 0.500. The lowest BCUT2D eigenvalue weighted by Crippen LogP contribution is -2.26. The number of imidazole rings is 1. The van der Waals surface area contributed by atoms with E-state index in [9.17, 15) is 0 Å². The summed E-state index contributed by atoms with van der Waals surface area (Å²) in [5.41, 5.74) is 2.59. The van der Waals surface area contributed by atoms with E-state index in [1.807, 2.05) is 24.5 Å². The average molecular weight is 270 g/mol. The minimum absolute atomic E-state index is 0.0139. The van der Waals surface area contributed by atoms with Crippen molar-refractivity contribution in [3.8, 4) is 5.82 Å². The Morgan fingerprint density at radius 3 is 2.75 bits per heavy atom. The molecule has 0 fully saturated rings. The molecule has 0 saturated heterocycles. The molecule has 0 aromatic carbocycles. The van der Waals surface area contributed by atoms with Crippen molar-refractivity contribution < 1.29 is 0 Å². The summed E-state index contributed by atoms with van der Waals surface area (Å²) in [4.78, 5) is 9.26. The Morgan fingerprint density at radius 1 is 1.15 bits per heavy atom. The molecule has 4 heteroatoms. The second-order valence-electron chi connectivity index (χ2n) is 6.47. The van der Waals surface area contributed by atoms with Crippen LogP contribution in [0.1, 0.15) is 45.0 Å². The molecule has 3 rings (SSSR count). The third kappa shape index (κ3) is 2.69. The Kier molecular flexibility index (Phi) is 3.24. The summed E-state index contributed by atoms with van der Waals surface area (Å²) in [6, 6.07) is 6.11. The van der Waals surface area contributed by atoms with Gasteiger partial charge >= 0.3 is 0 Å². The first-order chi connectivity index (χ1) is 9.53. The minimum Gasteiger partial charge on any atom is -0.365 e. The van der Waals surface area contributed by atoms with Crippen molar-refractivity contribution in [2.24, 2.45) is 0 Å². The van der Waals surface area contributed by atoms with E-state index in [-0.39, 0.29) is 5.54 Å². The topological polar surface area (TPSA) is 42.7 Å². The van der Waals surface area contributed by atoms with Crippen LogP contribution in [0, 0.1) is 0 Å². The fourth-order valence-electron chi connectivity index (χ4n) is 2.68. The molecule has 2 heterocycles. The van der Waals surface area contributed by atoms with Gasteiger partial charge in [0, 0.05) is 11.2 Å². The highest BCUT2D eigenvalue weighted by Crippen LogP contribution is 2.23. The molecule has 0 radical (unpaired) electrons. The summed E-state index contributed by atoms with van der Waals surface area (Å²) in [6.07, 6.45) is 6.62. The van der Waals surface area contributed by atoms with Gasteiger partial charge in [0.2, 0.25) is 0 Å². The molecule has 1 aliphatic carbocycles. The molecule has 0 amide bonds. The summed E-state index contributed by atoms with van der Waals surface area (Å²) in [7, 11) is 0. The van der Waals surface area contributed by atoms with Crippen LogP contribution >= 0.6 is 0 Å². The second-order valence-corrected chi connectivity index (χ2v) is 6.47. The highest BCUT2D eigenvalue weighted by molar-refractivity contribution is 5.42. The molecule has 0 bridgehead atoms. The second kappa shape index (κ2) is 4.93. The van der Waals surface area contributed by atoms with Crippen LogP contribution in [-0.2, 0) is 12.8 Å². The van der Waals surface area contributed by atoms with E-state index in [4.69, 9.17) is 4.98 Å². The Morgan fingerprint density at radius 2 is 1.95 bits per heavy atom. The SMILES string of the molecule is CC(C)(C)Nc1cccc(-n2cnc3c2CCCC3)n1. The first kappa shape index (κ1) is 13.2. The predicted molar refractivity (Wildman–Crippen MR) is 81.4 cm³/mol. The van der Waals surface area contributed by atoms with Gasteiger partial charge < -0.3 is 5.32 Å². The summed E-state index contributed by atoms with van der Waals surface area (Å²) in [5, 5.41) is 3.42. The number of aryl methyl sites for hydroxylation is 1. The summed E-state index contributed by atoms with van der Waals surface area (Å²) in [6.45, 7) is 6.42. The van der Waals surface area contributed by atoms with Crippen molar-refractivity contribution in [1.29, 1.82) is 0 Å². The van der Waals surface area contributed by atoms with Crippen molar-refractivity contribution in [2.45, 2.75) is 52.0 Å². The molecule has 0 aliphatic heterocycles. The predicted octanol–water partition coefficient (Wildman–Crippen LogP) is 3.36. The van der Waals surface area contributed by atoms with Crippen molar-refractivity contribution in [2.75, 3.05) is 5.32 Å². The highest BCUT2D eigenvalue weighted by Gasteiger charge is 2.17. The van der Waals surface area contributed by atoms with Crippen LogP contribution in [0.25, 0.3) is 5.82 Å². The molecule has 20 heavy (non-hydrogen) atoms. The van der Waals surface area contributed by atoms with Gasteiger partial charge in [-0.15, -0.1) is 0 Å². The van der Waals surface area contributed by atoms with Gasteiger partial charge in [-0.05, 0) is 58.6 Å². The van der Waals surface area contributed by atoms with Gasteiger partial charge in [0.15, 0.2) is 0 Å². The third-order valence-electron chi connectivity index (χ3n) is 3.51. The average Bonchev–Trinajstić information content (AvgIpc) is 2.81. The lowest BCUT2D eigenvalue weighted by Gasteiger charge is -2.22. The van der Waals surface area contributed by atoms with E-state index in [1.54, 1.807) is 0 Å². The molecule has 0 saturated carbocycles. The zero-order valence-electron chi connectivity index (χ0n) is 12.5. The van der Waals surface area contributed by atoms with Crippen molar-refractivity contribution in [3.63, 3.8) is 0 Å². The van der Waals surface area contributed by atoms with Crippen LogP contribution < -0.4 is 5.32 Å². The highest BCUT2D eigenvalue weighted by atomic mass is 15.2. The molecule has 0 atom stereocenters.